The number of hydrogen-bond acceptors (Lipinski definition) is 3. The van der Waals surface area contributed by atoms with Crippen LogP contribution in [0.1, 0.15) is 25.0 Å². The van der Waals surface area contributed by atoms with E-state index >= 15 is 0 Å². The molecule has 102 valence electrons. The zero-order chi connectivity index (χ0) is 13.4. The third-order valence-electron chi connectivity index (χ3n) is 3.47. The molecule has 3 nitrogen and oxygen atoms in total. The highest BCUT2D eigenvalue weighted by atomic mass is 15.2. The summed E-state index contributed by atoms with van der Waals surface area (Å²) in [5.74, 6) is 0. The second-order valence-electron chi connectivity index (χ2n) is 4.74. The Labute approximate surface area is 112 Å². The van der Waals surface area contributed by atoms with Crippen LogP contribution in [-0.2, 0) is 13.1 Å². The van der Waals surface area contributed by atoms with Gasteiger partial charge < -0.3 is 15.5 Å². The first-order valence-corrected chi connectivity index (χ1v) is 6.89. The average Bonchev–Trinajstić information content (AvgIpc) is 2.40. The molecule has 0 aliphatic carbocycles. The SMILES string of the molecule is CCN(CC)CCN(C)Cc1ccccc1CN. The van der Waals surface area contributed by atoms with Gasteiger partial charge in [-0.3, -0.25) is 0 Å². The van der Waals surface area contributed by atoms with E-state index in [0.29, 0.717) is 6.54 Å². The molecule has 0 aliphatic heterocycles. The molecule has 3 heteroatoms. The van der Waals surface area contributed by atoms with Gasteiger partial charge >= 0.3 is 0 Å². The maximum atomic E-state index is 5.76. The van der Waals surface area contributed by atoms with Crippen molar-refractivity contribution in [3.8, 4) is 0 Å². The summed E-state index contributed by atoms with van der Waals surface area (Å²) >= 11 is 0. The van der Waals surface area contributed by atoms with Gasteiger partial charge in [0, 0.05) is 26.2 Å². The van der Waals surface area contributed by atoms with E-state index < -0.39 is 0 Å². The minimum atomic E-state index is 0.625. The van der Waals surface area contributed by atoms with E-state index in [4.69, 9.17) is 5.73 Å². The molecule has 0 saturated heterocycles. The molecule has 0 heterocycles. The molecule has 0 amide bonds. The highest BCUT2D eigenvalue weighted by molar-refractivity contribution is 5.26. The highest BCUT2D eigenvalue weighted by Gasteiger charge is 2.06. The quantitative estimate of drug-likeness (QED) is 0.764. The van der Waals surface area contributed by atoms with Crippen molar-refractivity contribution >= 4 is 0 Å². The second kappa shape index (κ2) is 8.25. The van der Waals surface area contributed by atoms with Crippen LogP contribution >= 0.6 is 0 Å². The van der Waals surface area contributed by atoms with Gasteiger partial charge in [0.15, 0.2) is 0 Å². The predicted octanol–water partition coefficient (Wildman–Crippen LogP) is 1.92. The first-order chi connectivity index (χ1) is 8.71. The molecule has 0 radical (unpaired) electrons. The van der Waals surface area contributed by atoms with E-state index in [-0.39, 0.29) is 0 Å². The highest BCUT2D eigenvalue weighted by Crippen LogP contribution is 2.10. The van der Waals surface area contributed by atoms with Crippen LogP contribution in [0.3, 0.4) is 0 Å². The molecule has 1 rings (SSSR count). The first-order valence-electron chi connectivity index (χ1n) is 6.89. The van der Waals surface area contributed by atoms with Gasteiger partial charge in [0.25, 0.3) is 0 Å². The Bertz CT molecular complexity index is 334. The number of likely N-dealkylation sites (N-methyl/N-ethyl adjacent to an activating group) is 2. The Morgan fingerprint density at radius 1 is 1.00 bits per heavy atom. The molecule has 0 fully saturated rings. The van der Waals surface area contributed by atoms with E-state index in [0.717, 1.165) is 32.7 Å². The Kier molecular flexibility index (Phi) is 6.94. The minimum absolute atomic E-state index is 0.625. The Morgan fingerprint density at radius 2 is 1.61 bits per heavy atom. The van der Waals surface area contributed by atoms with E-state index in [1.807, 2.05) is 0 Å². The van der Waals surface area contributed by atoms with Gasteiger partial charge in [-0.25, -0.2) is 0 Å². The molecule has 0 aliphatic rings. The van der Waals surface area contributed by atoms with Crippen molar-refractivity contribution in [3.05, 3.63) is 35.4 Å². The summed E-state index contributed by atoms with van der Waals surface area (Å²) in [4.78, 5) is 4.82. The van der Waals surface area contributed by atoms with Crippen LogP contribution in [0.25, 0.3) is 0 Å². The monoisotopic (exact) mass is 249 g/mol. The van der Waals surface area contributed by atoms with E-state index in [1.54, 1.807) is 0 Å². The summed E-state index contributed by atoms with van der Waals surface area (Å²) in [6.07, 6.45) is 0. The van der Waals surface area contributed by atoms with Crippen molar-refractivity contribution in [1.29, 1.82) is 0 Å². The smallest absolute Gasteiger partial charge is 0.0234 e. The van der Waals surface area contributed by atoms with Crippen LogP contribution < -0.4 is 5.73 Å². The van der Waals surface area contributed by atoms with Gasteiger partial charge in [0.1, 0.15) is 0 Å². The van der Waals surface area contributed by atoms with Gasteiger partial charge in [-0.15, -0.1) is 0 Å². The van der Waals surface area contributed by atoms with Crippen LogP contribution in [-0.4, -0.2) is 43.0 Å². The summed E-state index contributed by atoms with van der Waals surface area (Å²) in [5.41, 5.74) is 8.37. The predicted molar refractivity (Wildman–Crippen MR) is 78.5 cm³/mol. The molecule has 0 bridgehead atoms. The number of nitrogens with zero attached hydrogens (tertiary/aromatic N) is 2. The van der Waals surface area contributed by atoms with Gasteiger partial charge in [-0.1, -0.05) is 38.1 Å². The van der Waals surface area contributed by atoms with Crippen molar-refractivity contribution in [2.45, 2.75) is 26.9 Å². The lowest BCUT2D eigenvalue weighted by molar-refractivity contribution is 0.236. The fraction of sp³-hybridized carbons (Fsp3) is 0.600. The molecular weight excluding hydrogens is 222 g/mol. The zero-order valence-corrected chi connectivity index (χ0v) is 12.0. The van der Waals surface area contributed by atoms with E-state index in [1.165, 1.54) is 11.1 Å². The number of hydrogen-bond donors (Lipinski definition) is 1. The van der Waals surface area contributed by atoms with Crippen LogP contribution in [0.4, 0.5) is 0 Å². The fourth-order valence-corrected chi connectivity index (χ4v) is 2.13. The van der Waals surface area contributed by atoms with Gasteiger partial charge in [-0.2, -0.15) is 0 Å². The summed E-state index contributed by atoms with van der Waals surface area (Å²) in [6, 6.07) is 8.44. The molecular formula is C15H27N3. The lowest BCUT2D eigenvalue weighted by atomic mass is 10.1. The van der Waals surface area contributed by atoms with Crippen molar-refractivity contribution < 1.29 is 0 Å². The van der Waals surface area contributed by atoms with Crippen LogP contribution in [0.2, 0.25) is 0 Å². The first kappa shape index (κ1) is 15.2. The molecule has 1 aromatic carbocycles. The standard InChI is InChI=1S/C15H27N3/c1-4-18(5-2)11-10-17(3)13-15-9-7-6-8-14(15)12-16/h6-9H,4-5,10-13,16H2,1-3H3. The summed E-state index contributed by atoms with van der Waals surface area (Å²) in [5, 5.41) is 0. The normalized spacial score (nSPS) is 11.4. The molecule has 1 aromatic rings. The number of rotatable bonds is 8. The van der Waals surface area contributed by atoms with Crippen LogP contribution in [0.15, 0.2) is 24.3 Å². The van der Waals surface area contributed by atoms with Crippen LogP contribution in [0.5, 0.6) is 0 Å². The van der Waals surface area contributed by atoms with Crippen molar-refractivity contribution in [3.63, 3.8) is 0 Å². The maximum Gasteiger partial charge on any atom is 0.0234 e. The Hall–Kier alpha value is -0.900. The molecule has 0 unspecified atom stereocenters. The third-order valence-corrected chi connectivity index (χ3v) is 3.47. The van der Waals surface area contributed by atoms with Crippen LogP contribution in [0, 0.1) is 0 Å². The Balaban J connectivity index is 2.46. The Morgan fingerprint density at radius 3 is 2.17 bits per heavy atom. The summed E-state index contributed by atoms with van der Waals surface area (Å²) < 4.78 is 0. The lowest BCUT2D eigenvalue weighted by Crippen LogP contribution is -2.33. The molecule has 0 atom stereocenters. The molecule has 0 saturated carbocycles. The number of benzene rings is 1. The molecule has 0 aromatic heterocycles. The topological polar surface area (TPSA) is 32.5 Å². The minimum Gasteiger partial charge on any atom is -0.326 e. The second-order valence-corrected chi connectivity index (χ2v) is 4.74. The van der Waals surface area contributed by atoms with Gasteiger partial charge in [0.05, 0.1) is 0 Å². The van der Waals surface area contributed by atoms with Gasteiger partial charge in [0.2, 0.25) is 0 Å². The number of nitrogens with two attached hydrogens (primary N) is 1. The van der Waals surface area contributed by atoms with Crippen molar-refractivity contribution in [1.82, 2.24) is 9.80 Å². The van der Waals surface area contributed by atoms with Crippen molar-refractivity contribution in [2.24, 2.45) is 5.73 Å². The maximum absolute atomic E-state index is 5.76. The molecule has 0 spiro atoms. The van der Waals surface area contributed by atoms with E-state index in [9.17, 15) is 0 Å². The van der Waals surface area contributed by atoms with Crippen molar-refractivity contribution in [2.75, 3.05) is 33.2 Å². The largest absolute Gasteiger partial charge is 0.326 e. The summed E-state index contributed by atoms with van der Waals surface area (Å²) in [6.45, 7) is 10.5. The molecule has 2 N–H and O–H groups in total. The zero-order valence-electron chi connectivity index (χ0n) is 12.0. The van der Waals surface area contributed by atoms with Gasteiger partial charge in [-0.05, 0) is 31.3 Å². The third kappa shape index (κ3) is 4.77. The summed E-state index contributed by atoms with van der Waals surface area (Å²) in [7, 11) is 2.18. The lowest BCUT2D eigenvalue weighted by Gasteiger charge is -2.23. The van der Waals surface area contributed by atoms with E-state index in [2.05, 4.69) is 55.0 Å². The molecule has 18 heavy (non-hydrogen) atoms. The average molecular weight is 249 g/mol. The fourth-order valence-electron chi connectivity index (χ4n) is 2.13.